The van der Waals surface area contributed by atoms with E-state index in [9.17, 15) is 0 Å². The highest BCUT2D eigenvalue weighted by atomic mass is 16.5. The molecule has 0 radical (unpaired) electrons. The molecule has 2 atom stereocenters. The van der Waals surface area contributed by atoms with Crippen LogP contribution in [0.2, 0.25) is 0 Å². The van der Waals surface area contributed by atoms with E-state index in [-0.39, 0.29) is 12.1 Å². The number of nitrogens with zero attached hydrogens (tertiary/aromatic N) is 1. The Hall–Kier alpha value is -1.13. The number of pyridine rings is 1. The van der Waals surface area contributed by atoms with Crippen molar-refractivity contribution in [3.63, 3.8) is 0 Å². The second-order valence-electron chi connectivity index (χ2n) is 4.19. The molecule has 1 aromatic rings. The van der Waals surface area contributed by atoms with Crippen molar-refractivity contribution in [3.8, 4) is 5.75 Å². The standard InChI is InChI=1S/C14H24N2O2/c1-5-8-11(17-3)13(15-6-2)14-12(18-4)9-7-10-16-14/h7,9-11,13,15H,5-6,8H2,1-4H3. The summed E-state index contributed by atoms with van der Waals surface area (Å²) in [5.41, 5.74) is 0.919. The Morgan fingerprint density at radius 1 is 1.33 bits per heavy atom. The molecule has 1 aromatic heterocycles. The largest absolute Gasteiger partial charge is 0.495 e. The average molecular weight is 252 g/mol. The molecule has 0 aliphatic carbocycles. The molecule has 0 aromatic carbocycles. The second-order valence-corrected chi connectivity index (χ2v) is 4.19. The van der Waals surface area contributed by atoms with Crippen molar-refractivity contribution in [2.45, 2.75) is 38.8 Å². The van der Waals surface area contributed by atoms with Crippen molar-refractivity contribution >= 4 is 0 Å². The highest BCUT2D eigenvalue weighted by Crippen LogP contribution is 2.27. The lowest BCUT2D eigenvalue weighted by Gasteiger charge is -2.27. The SMILES string of the molecule is CCCC(OC)C(NCC)c1ncccc1OC. The van der Waals surface area contributed by atoms with E-state index in [4.69, 9.17) is 9.47 Å². The molecule has 2 unspecified atom stereocenters. The molecule has 0 bridgehead atoms. The van der Waals surface area contributed by atoms with Gasteiger partial charge >= 0.3 is 0 Å². The number of likely N-dealkylation sites (N-methyl/N-ethyl adjacent to an activating group) is 1. The molecule has 0 spiro atoms. The minimum atomic E-state index is 0.0658. The Bertz CT molecular complexity index is 344. The van der Waals surface area contributed by atoms with E-state index >= 15 is 0 Å². The average Bonchev–Trinajstić information content (AvgIpc) is 2.42. The minimum Gasteiger partial charge on any atom is -0.495 e. The lowest BCUT2D eigenvalue weighted by Crippen LogP contribution is -2.34. The van der Waals surface area contributed by atoms with Gasteiger partial charge in [-0.1, -0.05) is 20.3 Å². The second kappa shape index (κ2) is 8.06. The molecule has 4 nitrogen and oxygen atoms in total. The quantitative estimate of drug-likeness (QED) is 0.772. The molecule has 0 aliphatic rings. The first kappa shape index (κ1) is 14.9. The normalized spacial score (nSPS) is 14.2. The first-order chi connectivity index (χ1) is 8.78. The van der Waals surface area contributed by atoms with Gasteiger partial charge < -0.3 is 14.8 Å². The molecule has 1 heterocycles. The number of rotatable bonds is 8. The zero-order valence-electron chi connectivity index (χ0n) is 11.8. The third kappa shape index (κ3) is 3.68. The summed E-state index contributed by atoms with van der Waals surface area (Å²) in [4.78, 5) is 4.45. The number of aromatic nitrogens is 1. The molecular weight excluding hydrogens is 228 g/mol. The van der Waals surface area contributed by atoms with E-state index in [1.165, 1.54) is 0 Å². The van der Waals surface area contributed by atoms with Gasteiger partial charge in [-0.25, -0.2) is 0 Å². The van der Waals surface area contributed by atoms with Gasteiger partial charge in [0.05, 0.1) is 19.3 Å². The van der Waals surface area contributed by atoms with E-state index < -0.39 is 0 Å². The summed E-state index contributed by atoms with van der Waals surface area (Å²) in [5, 5.41) is 3.44. The van der Waals surface area contributed by atoms with E-state index in [1.807, 2.05) is 12.1 Å². The van der Waals surface area contributed by atoms with Crippen molar-refractivity contribution < 1.29 is 9.47 Å². The fourth-order valence-corrected chi connectivity index (χ4v) is 2.14. The van der Waals surface area contributed by atoms with E-state index in [0.29, 0.717) is 0 Å². The molecule has 0 saturated heterocycles. The third-order valence-electron chi connectivity index (χ3n) is 2.99. The molecule has 0 amide bonds. The van der Waals surface area contributed by atoms with E-state index in [0.717, 1.165) is 30.8 Å². The van der Waals surface area contributed by atoms with Crippen molar-refractivity contribution in [1.29, 1.82) is 0 Å². The number of hydrogen-bond acceptors (Lipinski definition) is 4. The topological polar surface area (TPSA) is 43.4 Å². The molecule has 1 rings (SSSR count). The van der Waals surface area contributed by atoms with Crippen LogP contribution in [-0.2, 0) is 4.74 Å². The molecule has 0 saturated carbocycles. The van der Waals surface area contributed by atoms with Crippen LogP contribution in [0.5, 0.6) is 5.75 Å². The highest BCUT2D eigenvalue weighted by Gasteiger charge is 2.25. The van der Waals surface area contributed by atoms with Gasteiger partial charge in [-0.05, 0) is 25.1 Å². The summed E-state index contributed by atoms with van der Waals surface area (Å²) in [6, 6.07) is 3.88. The van der Waals surface area contributed by atoms with Gasteiger partial charge in [-0.15, -0.1) is 0 Å². The Balaban J connectivity index is 3.01. The molecule has 4 heteroatoms. The summed E-state index contributed by atoms with van der Waals surface area (Å²) >= 11 is 0. The van der Waals surface area contributed by atoms with Crippen LogP contribution in [0.4, 0.5) is 0 Å². The number of hydrogen-bond donors (Lipinski definition) is 1. The van der Waals surface area contributed by atoms with Crippen molar-refractivity contribution in [2.75, 3.05) is 20.8 Å². The Morgan fingerprint density at radius 2 is 2.11 bits per heavy atom. The first-order valence-electron chi connectivity index (χ1n) is 6.53. The summed E-state index contributed by atoms with van der Waals surface area (Å²) < 4.78 is 11.0. The number of nitrogens with one attached hydrogen (secondary N) is 1. The lowest BCUT2D eigenvalue weighted by molar-refractivity contribution is 0.0589. The van der Waals surface area contributed by atoms with Gasteiger partial charge in [0.1, 0.15) is 11.4 Å². The number of methoxy groups -OCH3 is 2. The fourth-order valence-electron chi connectivity index (χ4n) is 2.14. The van der Waals surface area contributed by atoms with Gasteiger partial charge in [0.15, 0.2) is 0 Å². The summed E-state index contributed by atoms with van der Waals surface area (Å²) in [5.74, 6) is 0.807. The van der Waals surface area contributed by atoms with Crippen LogP contribution in [0.25, 0.3) is 0 Å². The molecule has 0 aliphatic heterocycles. The maximum atomic E-state index is 5.60. The molecule has 0 fully saturated rings. The van der Waals surface area contributed by atoms with Crippen molar-refractivity contribution in [1.82, 2.24) is 10.3 Å². The Labute approximate surface area is 110 Å². The monoisotopic (exact) mass is 252 g/mol. The van der Waals surface area contributed by atoms with Gasteiger partial charge in [-0.2, -0.15) is 0 Å². The Kier molecular flexibility index (Phi) is 6.68. The van der Waals surface area contributed by atoms with Gasteiger partial charge in [0.25, 0.3) is 0 Å². The summed E-state index contributed by atoms with van der Waals surface area (Å²) in [6.45, 7) is 5.11. The van der Waals surface area contributed by atoms with Crippen LogP contribution < -0.4 is 10.1 Å². The minimum absolute atomic E-state index is 0.0658. The van der Waals surface area contributed by atoms with Gasteiger partial charge in [0.2, 0.25) is 0 Å². The Morgan fingerprint density at radius 3 is 2.67 bits per heavy atom. The van der Waals surface area contributed by atoms with E-state index in [1.54, 1.807) is 20.4 Å². The van der Waals surface area contributed by atoms with Crippen LogP contribution in [0.3, 0.4) is 0 Å². The van der Waals surface area contributed by atoms with Crippen molar-refractivity contribution in [2.24, 2.45) is 0 Å². The van der Waals surface area contributed by atoms with Crippen LogP contribution in [0, 0.1) is 0 Å². The molecule has 102 valence electrons. The van der Waals surface area contributed by atoms with Crippen LogP contribution >= 0.6 is 0 Å². The maximum absolute atomic E-state index is 5.60. The zero-order valence-corrected chi connectivity index (χ0v) is 11.8. The molecule has 1 N–H and O–H groups in total. The zero-order chi connectivity index (χ0) is 13.4. The lowest BCUT2D eigenvalue weighted by atomic mass is 10.0. The van der Waals surface area contributed by atoms with Crippen molar-refractivity contribution in [3.05, 3.63) is 24.0 Å². The summed E-state index contributed by atoms with van der Waals surface area (Å²) in [7, 11) is 3.42. The smallest absolute Gasteiger partial charge is 0.142 e. The van der Waals surface area contributed by atoms with Crippen LogP contribution in [0.1, 0.15) is 38.4 Å². The predicted octanol–water partition coefficient (Wildman–Crippen LogP) is 2.56. The molecule has 18 heavy (non-hydrogen) atoms. The van der Waals surface area contributed by atoms with Gasteiger partial charge in [-0.3, -0.25) is 4.98 Å². The van der Waals surface area contributed by atoms with Gasteiger partial charge in [0, 0.05) is 13.3 Å². The number of ether oxygens (including phenoxy) is 2. The maximum Gasteiger partial charge on any atom is 0.142 e. The first-order valence-corrected chi connectivity index (χ1v) is 6.53. The predicted molar refractivity (Wildman–Crippen MR) is 72.9 cm³/mol. The third-order valence-corrected chi connectivity index (χ3v) is 2.99. The fraction of sp³-hybridized carbons (Fsp3) is 0.643. The van der Waals surface area contributed by atoms with Crippen LogP contribution in [0.15, 0.2) is 18.3 Å². The van der Waals surface area contributed by atoms with Crippen LogP contribution in [-0.4, -0.2) is 31.9 Å². The molecular formula is C14H24N2O2. The highest BCUT2D eigenvalue weighted by molar-refractivity contribution is 5.30. The summed E-state index contributed by atoms with van der Waals surface area (Å²) in [6.07, 6.45) is 3.98. The van der Waals surface area contributed by atoms with E-state index in [2.05, 4.69) is 24.1 Å².